The number of alkyl halides is 9. The Morgan fingerprint density at radius 1 is 0.711 bits per heavy atom. The van der Waals surface area contributed by atoms with Crippen LogP contribution in [-0.2, 0) is 28.6 Å². The monoisotopic (exact) mass is 576 g/mol. The van der Waals surface area contributed by atoms with Crippen molar-refractivity contribution in [2.75, 3.05) is 13.4 Å². The molecule has 15 heteroatoms. The van der Waals surface area contributed by atoms with Crippen LogP contribution in [0.15, 0.2) is 0 Å². The number of carbonyl (C=O) groups excluding carboxylic acids is 3. The maximum absolute atomic E-state index is 13.4. The van der Waals surface area contributed by atoms with E-state index in [0.29, 0.717) is 12.8 Å². The molecule has 0 aliphatic rings. The highest BCUT2D eigenvalue weighted by Crippen LogP contribution is 2.54. The van der Waals surface area contributed by atoms with Gasteiger partial charge in [0, 0.05) is 0 Å². The van der Waals surface area contributed by atoms with E-state index in [1.165, 1.54) is 0 Å². The number of ether oxygens (including phenoxy) is 3. The van der Waals surface area contributed by atoms with Gasteiger partial charge in [-0.25, -0.2) is 0 Å². The Morgan fingerprint density at radius 3 is 1.66 bits per heavy atom. The van der Waals surface area contributed by atoms with Crippen LogP contribution < -0.4 is 0 Å². The fourth-order valence-electron chi connectivity index (χ4n) is 2.95. The molecule has 0 saturated heterocycles. The van der Waals surface area contributed by atoms with Crippen molar-refractivity contribution >= 4 is 17.9 Å². The molecule has 0 aromatic heterocycles. The molecular formula is C23H33F9O6. The van der Waals surface area contributed by atoms with Crippen LogP contribution in [0, 0.1) is 16.7 Å². The molecule has 0 spiro atoms. The van der Waals surface area contributed by atoms with E-state index in [1.807, 2.05) is 41.5 Å². The summed E-state index contributed by atoms with van der Waals surface area (Å²) in [5.74, 6) is -24.1. The van der Waals surface area contributed by atoms with Crippen LogP contribution in [0.4, 0.5) is 39.5 Å². The standard InChI is InChI=1S/C23H33F9O6/c1-7-18(3,4)12-14(19(5,6)8-2)17(35)38-13-37-16(34)11-15(33)36-10-9-20(24,25)21(26,27)22(28,29)23(30,31)32/h14H,7-13H2,1-6H3. The number of rotatable bonds is 15. The molecular weight excluding hydrogens is 543 g/mol. The summed E-state index contributed by atoms with van der Waals surface area (Å²) < 4.78 is 129. The van der Waals surface area contributed by atoms with Crippen molar-refractivity contribution in [2.24, 2.45) is 16.7 Å². The average Bonchev–Trinajstić information content (AvgIpc) is 2.76. The van der Waals surface area contributed by atoms with Gasteiger partial charge in [0.15, 0.2) is 0 Å². The van der Waals surface area contributed by atoms with Gasteiger partial charge >= 0.3 is 41.9 Å². The first kappa shape index (κ1) is 35.8. The largest absolute Gasteiger partial charge is 0.465 e. The van der Waals surface area contributed by atoms with Gasteiger partial charge in [-0.05, 0) is 17.3 Å². The van der Waals surface area contributed by atoms with Crippen molar-refractivity contribution in [2.45, 2.75) is 97.6 Å². The third-order valence-corrected chi connectivity index (χ3v) is 6.45. The molecule has 0 heterocycles. The van der Waals surface area contributed by atoms with Crippen molar-refractivity contribution in [3.8, 4) is 0 Å². The minimum Gasteiger partial charge on any atom is -0.465 e. The van der Waals surface area contributed by atoms with Crippen LogP contribution in [0.2, 0.25) is 0 Å². The lowest BCUT2D eigenvalue weighted by molar-refractivity contribution is -0.397. The number of esters is 3. The number of hydrogen-bond donors (Lipinski definition) is 0. The van der Waals surface area contributed by atoms with Crippen LogP contribution in [-0.4, -0.2) is 55.3 Å². The molecule has 1 unspecified atom stereocenters. The summed E-state index contributed by atoms with van der Waals surface area (Å²) in [6.07, 6.45) is -8.79. The topological polar surface area (TPSA) is 78.9 Å². The highest BCUT2D eigenvalue weighted by molar-refractivity contribution is 5.91. The van der Waals surface area contributed by atoms with Gasteiger partial charge in [-0.15, -0.1) is 0 Å². The maximum Gasteiger partial charge on any atom is 0.460 e. The van der Waals surface area contributed by atoms with E-state index in [2.05, 4.69) is 9.47 Å². The predicted molar refractivity (Wildman–Crippen MR) is 114 cm³/mol. The first-order valence-electron chi connectivity index (χ1n) is 11.6. The summed E-state index contributed by atoms with van der Waals surface area (Å²) in [5, 5.41) is 0. The highest BCUT2D eigenvalue weighted by atomic mass is 19.4. The molecule has 38 heavy (non-hydrogen) atoms. The Labute approximate surface area is 214 Å². The second-order valence-electron chi connectivity index (χ2n) is 10.2. The Bertz CT molecular complexity index is 823. The van der Waals surface area contributed by atoms with Gasteiger partial charge in [0.1, 0.15) is 6.42 Å². The molecule has 224 valence electrons. The quantitative estimate of drug-likeness (QED) is 0.0935. The second kappa shape index (κ2) is 12.8. The lowest BCUT2D eigenvalue weighted by Gasteiger charge is -2.36. The zero-order chi connectivity index (χ0) is 30.4. The molecule has 0 bridgehead atoms. The lowest BCUT2D eigenvalue weighted by atomic mass is 9.68. The fourth-order valence-corrected chi connectivity index (χ4v) is 2.95. The van der Waals surface area contributed by atoms with Crippen molar-refractivity contribution in [1.82, 2.24) is 0 Å². The Morgan fingerprint density at radius 2 is 1.21 bits per heavy atom. The number of halogens is 9. The van der Waals surface area contributed by atoms with E-state index >= 15 is 0 Å². The highest BCUT2D eigenvalue weighted by Gasteiger charge is 2.81. The van der Waals surface area contributed by atoms with Gasteiger partial charge in [0.25, 0.3) is 0 Å². The average molecular weight is 576 g/mol. The molecule has 0 aromatic carbocycles. The molecule has 0 aliphatic carbocycles. The summed E-state index contributed by atoms with van der Waals surface area (Å²) in [4.78, 5) is 35.8. The van der Waals surface area contributed by atoms with Crippen LogP contribution >= 0.6 is 0 Å². The van der Waals surface area contributed by atoms with Gasteiger partial charge < -0.3 is 14.2 Å². The smallest absolute Gasteiger partial charge is 0.460 e. The summed E-state index contributed by atoms with van der Waals surface area (Å²) in [7, 11) is 0. The predicted octanol–water partition coefficient (Wildman–Crippen LogP) is 6.70. The van der Waals surface area contributed by atoms with Gasteiger partial charge in [0.05, 0.1) is 18.9 Å². The molecule has 0 fully saturated rings. The van der Waals surface area contributed by atoms with Crippen molar-refractivity contribution in [3.63, 3.8) is 0 Å². The van der Waals surface area contributed by atoms with Gasteiger partial charge in [0.2, 0.25) is 6.79 Å². The Kier molecular flexibility index (Phi) is 12.0. The Balaban J connectivity index is 4.85. The van der Waals surface area contributed by atoms with Gasteiger partial charge in [-0.3, -0.25) is 14.4 Å². The van der Waals surface area contributed by atoms with Crippen LogP contribution in [0.1, 0.15) is 73.6 Å². The molecule has 6 nitrogen and oxygen atoms in total. The molecule has 0 N–H and O–H groups in total. The summed E-state index contributed by atoms with van der Waals surface area (Å²) in [6.45, 7) is 8.85. The molecule has 0 saturated carbocycles. The van der Waals surface area contributed by atoms with E-state index < -0.39 is 79.4 Å². The second-order valence-corrected chi connectivity index (χ2v) is 10.2. The fraction of sp³-hybridized carbons (Fsp3) is 0.870. The number of carbonyl (C=O) groups is 3. The van der Waals surface area contributed by atoms with E-state index in [4.69, 9.17) is 4.74 Å². The van der Waals surface area contributed by atoms with E-state index in [-0.39, 0.29) is 5.41 Å². The molecule has 0 amide bonds. The SMILES string of the molecule is CCC(C)(C)CC(C(=O)OCOC(=O)CC(=O)OCCC(F)(F)C(F)(F)C(F)(F)C(F)(F)F)C(C)(C)CC. The molecule has 0 aromatic rings. The lowest BCUT2D eigenvalue weighted by Crippen LogP contribution is -2.61. The van der Waals surface area contributed by atoms with E-state index in [9.17, 15) is 53.9 Å². The molecule has 0 rings (SSSR count). The normalized spacial score (nSPS) is 14.6. The van der Waals surface area contributed by atoms with Crippen molar-refractivity contribution in [3.05, 3.63) is 0 Å². The van der Waals surface area contributed by atoms with Crippen molar-refractivity contribution in [1.29, 1.82) is 0 Å². The molecule has 1 atom stereocenters. The number of hydrogen-bond acceptors (Lipinski definition) is 6. The molecule has 0 radical (unpaired) electrons. The Hall–Kier alpha value is -2.22. The van der Waals surface area contributed by atoms with Crippen LogP contribution in [0.3, 0.4) is 0 Å². The minimum atomic E-state index is -7.06. The third-order valence-electron chi connectivity index (χ3n) is 6.45. The van der Waals surface area contributed by atoms with E-state index in [0.717, 1.165) is 6.42 Å². The van der Waals surface area contributed by atoms with Crippen LogP contribution in [0.25, 0.3) is 0 Å². The van der Waals surface area contributed by atoms with Crippen LogP contribution in [0.5, 0.6) is 0 Å². The zero-order valence-electron chi connectivity index (χ0n) is 21.9. The van der Waals surface area contributed by atoms with E-state index in [1.54, 1.807) is 0 Å². The zero-order valence-corrected chi connectivity index (χ0v) is 21.9. The summed E-state index contributed by atoms with van der Waals surface area (Å²) in [6, 6.07) is 0. The third kappa shape index (κ3) is 9.21. The van der Waals surface area contributed by atoms with Crippen molar-refractivity contribution < 1.29 is 68.1 Å². The minimum absolute atomic E-state index is 0.208. The molecule has 0 aliphatic heterocycles. The first-order chi connectivity index (χ1) is 16.9. The van der Waals surface area contributed by atoms with Gasteiger partial charge in [-0.1, -0.05) is 54.4 Å². The van der Waals surface area contributed by atoms with Gasteiger partial charge in [-0.2, -0.15) is 39.5 Å². The maximum atomic E-state index is 13.4. The summed E-state index contributed by atoms with van der Waals surface area (Å²) >= 11 is 0. The summed E-state index contributed by atoms with van der Waals surface area (Å²) in [5.41, 5.74) is -0.680. The first-order valence-corrected chi connectivity index (χ1v) is 11.6.